The fourth-order valence-electron chi connectivity index (χ4n) is 3.09. The normalized spacial score (nSPS) is 21.3. The molecule has 0 radical (unpaired) electrons. The summed E-state index contributed by atoms with van der Waals surface area (Å²) >= 11 is 1.79. The lowest BCUT2D eigenvalue weighted by molar-refractivity contribution is 0.573. The van der Waals surface area contributed by atoms with E-state index in [-0.39, 0.29) is 6.04 Å². The number of rotatable bonds is 1. The Kier molecular flexibility index (Phi) is 2.60. The van der Waals surface area contributed by atoms with Crippen molar-refractivity contribution >= 4 is 22.2 Å². The number of hydrogen-bond donors (Lipinski definition) is 1. The van der Waals surface area contributed by atoms with Gasteiger partial charge in [0.1, 0.15) is 0 Å². The van der Waals surface area contributed by atoms with E-state index in [9.17, 15) is 0 Å². The second kappa shape index (κ2) is 4.32. The Bertz CT molecular complexity index is 620. The van der Waals surface area contributed by atoms with Gasteiger partial charge in [-0.05, 0) is 37.3 Å². The highest BCUT2D eigenvalue weighted by Crippen LogP contribution is 2.41. The molecule has 1 aromatic heterocycles. The van der Waals surface area contributed by atoms with Crippen LogP contribution >= 0.6 is 11.3 Å². The first kappa shape index (κ1) is 11.4. The molecule has 2 aliphatic rings. The highest BCUT2D eigenvalue weighted by atomic mass is 32.1. The minimum atomic E-state index is 0.202. The van der Waals surface area contributed by atoms with E-state index in [1.54, 1.807) is 11.3 Å². The van der Waals surface area contributed by atoms with Gasteiger partial charge in [0.25, 0.3) is 0 Å². The van der Waals surface area contributed by atoms with Gasteiger partial charge in [0.05, 0.1) is 5.69 Å². The van der Waals surface area contributed by atoms with Crippen molar-refractivity contribution < 1.29 is 0 Å². The van der Waals surface area contributed by atoms with Gasteiger partial charge >= 0.3 is 0 Å². The Labute approximate surface area is 117 Å². The molecular weight excluding hydrogens is 254 g/mol. The molecule has 0 bridgehead atoms. The monoisotopic (exact) mass is 271 g/mol. The molecule has 0 fully saturated rings. The van der Waals surface area contributed by atoms with Crippen molar-refractivity contribution in [3.63, 3.8) is 0 Å². The summed E-state index contributed by atoms with van der Waals surface area (Å²) in [4.78, 5) is 8.51. The molecule has 1 aliphatic carbocycles. The third-order valence-electron chi connectivity index (χ3n) is 4.10. The lowest BCUT2D eigenvalue weighted by Crippen LogP contribution is -2.15. The third kappa shape index (κ3) is 1.78. The second-order valence-corrected chi connectivity index (χ2v) is 6.35. The van der Waals surface area contributed by atoms with Crippen molar-refractivity contribution in [2.45, 2.75) is 31.7 Å². The van der Waals surface area contributed by atoms with E-state index < -0.39 is 0 Å². The largest absolute Gasteiger partial charge is 0.323 e. The summed E-state index contributed by atoms with van der Waals surface area (Å²) in [5.74, 6) is 0. The number of para-hydroxylation sites is 1. The average Bonchev–Trinajstić information content (AvgIpc) is 3.02. The number of fused-ring (bicyclic) bond motifs is 2. The maximum absolute atomic E-state index is 6.20. The predicted octanol–water partition coefficient (Wildman–Crippen LogP) is 3.17. The highest BCUT2D eigenvalue weighted by Gasteiger charge is 2.27. The number of benzene rings is 1. The molecule has 0 saturated heterocycles. The zero-order valence-electron chi connectivity index (χ0n) is 10.8. The van der Waals surface area contributed by atoms with E-state index in [1.165, 1.54) is 28.2 Å². The molecule has 0 spiro atoms. The van der Waals surface area contributed by atoms with Crippen LogP contribution in [0.25, 0.3) is 0 Å². The zero-order chi connectivity index (χ0) is 12.8. The van der Waals surface area contributed by atoms with Gasteiger partial charge in [0.2, 0.25) is 0 Å². The first-order valence-corrected chi connectivity index (χ1v) is 7.75. The van der Waals surface area contributed by atoms with Crippen molar-refractivity contribution in [2.24, 2.45) is 5.73 Å². The van der Waals surface area contributed by atoms with Gasteiger partial charge in [-0.3, -0.25) is 0 Å². The summed E-state index contributed by atoms with van der Waals surface area (Å²) in [5.41, 5.74) is 10.2. The molecular formula is C15H17N3S. The maximum atomic E-state index is 6.20. The third-order valence-corrected chi connectivity index (χ3v) is 5.35. The van der Waals surface area contributed by atoms with Crippen LogP contribution in [-0.4, -0.2) is 11.5 Å². The molecule has 19 heavy (non-hydrogen) atoms. The quantitative estimate of drug-likeness (QED) is 0.866. The van der Waals surface area contributed by atoms with Gasteiger partial charge in [-0.1, -0.05) is 29.5 Å². The topological polar surface area (TPSA) is 42.1 Å². The van der Waals surface area contributed by atoms with E-state index in [0.29, 0.717) is 0 Å². The molecule has 1 atom stereocenters. The highest BCUT2D eigenvalue weighted by molar-refractivity contribution is 7.15. The first-order valence-electron chi connectivity index (χ1n) is 6.93. The summed E-state index contributed by atoms with van der Waals surface area (Å²) in [6, 6.07) is 8.84. The van der Waals surface area contributed by atoms with E-state index in [2.05, 4.69) is 29.2 Å². The number of thiazole rings is 1. The van der Waals surface area contributed by atoms with Crippen LogP contribution < -0.4 is 10.6 Å². The van der Waals surface area contributed by atoms with Crippen LogP contribution in [0.1, 0.15) is 35.0 Å². The summed E-state index contributed by atoms with van der Waals surface area (Å²) in [6.45, 7) is 1.04. The van der Waals surface area contributed by atoms with Gasteiger partial charge in [0, 0.05) is 23.2 Å². The Morgan fingerprint density at radius 3 is 3.05 bits per heavy atom. The van der Waals surface area contributed by atoms with Gasteiger partial charge in [-0.25, -0.2) is 4.98 Å². The standard InChI is InChI=1S/C15H17N3S/c16-11-5-3-6-12-14(11)19-15(17-12)18-9-8-10-4-1-2-7-13(10)18/h1-2,4,7,11H,3,5-6,8-9,16H2. The van der Waals surface area contributed by atoms with Crippen LogP contribution in [0.5, 0.6) is 0 Å². The first-order chi connectivity index (χ1) is 9.33. The fraction of sp³-hybridized carbons (Fsp3) is 0.400. The molecule has 4 rings (SSSR count). The van der Waals surface area contributed by atoms with Crippen molar-refractivity contribution in [3.05, 3.63) is 40.4 Å². The van der Waals surface area contributed by atoms with Gasteiger partial charge < -0.3 is 10.6 Å². The number of hydrogen-bond acceptors (Lipinski definition) is 4. The van der Waals surface area contributed by atoms with Crippen LogP contribution in [-0.2, 0) is 12.8 Å². The van der Waals surface area contributed by atoms with Crippen LogP contribution in [0, 0.1) is 0 Å². The molecule has 0 saturated carbocycles. The maximum Gasteiger partial charge on any atom is 0.190 e. The molecule has 1 unspecified atom stereocenters. The van der Waals surface area contributed by atoms with Gasteiger partial charge in [-0.2, -0.15) is 0 Å². The number of aryl methyl sites for hydroxylation is 1. The van der Waals surface area contributed by atoms with Crippen LogP contribution in [0.3, 0.4) is 0 Å². The fourth-order valence-corrected chi connectivity index (χ4v) is 4.28. The van der Waals surface area contributed by atoms with Crippen molar-refractivity contribution in [2.75, 3.05) is 11.4 Å². The van der Waals surface area contributed by atoms with Crippen molar-refractivity contribution in [3.8, 4) is 0 Å². The van der Waals surface area contributed by atoms with Gasteiger partial charge in [-0.15, -0.1) is 0 Å². The number of nitrogens with zero attached hydrogens (tertiary/aromatic N) is 2. The lowest BCUT2D eigenvalue weighted by atomic mass is 9.99. The summed E-state index contributed by atoms with van der Waals surface area (Å²) in [6.07, 6.45) is 4.49. The Hall–Kier alpha value is -1.39. The molecule has 1 aromatic carbocycles. The van der Waals surface area contributed by atoms with E-state index >= 15 is 0 Å². The Balaban J connectivity index is 1.75. The van der Waals surface area contributed by atoms with Crippen LogP contribution in [0.4, 0.5) is 10.8 Å². The summed E-state index contributed by atoms with van der Waals surface area (Å²) < 4.78 is 0. The minimum absolute atomic E-state index is 0.202. The minimum Gasteiger partial charge on any atom is -0.323 e. The number of nitrogens with two attached hydrogens (primary N) is 1. The zero-order valence-corrected chi connectivity index (χ0v) is 11.6. The van der Waals surface area contributed by atoms with Crippen LogP contribution in [0.15, 0.2) is 24.3 Å². The summed E-state index contributed by atoms with van der Waals surface area (Å²) in [5, 5.41) is 1.13. The van der Waals surface area contributed by atoms with Gasteiger partial charge in [0.15, 0.2) is 5.13 Å². The van der Waals surface area contributed by atoms with Crippen molar-refractivity contribution in [1.29, 1.82) is 0 Å². The van der Waals surface area contributed by atoms with E-state index in [4.69, 9.17) is 10.7 Å². The molecule has 0 amide bonds. The van der Waals surface area contributed by atoms with Crippen LogP contribution in [0.2, 0.25) is 0 Å². The second-order valence-electron chi connectivity index (χ2n) is 5.34. The average molecular weight is 271 g/mol. The molecule has 4 heteroatoms. The molecule has 1 aliphatic heterocycles. The van der Waals surface area contributed by atoms with E-state index in [0.717, 1.165) is 30.9 Å². The number of anilines is 2. The predicted molar refractivity (Wildman–Crippen MR) is 79.1 cm³/mol. The molecule has 2 heterocycles. The smallest absolute Gasteiger partial charge is 0.190 e. The molecule has 98 valence electrons. The summed E-state index contributed by atoms with van der Waals surface area (Å²) in [7, 11) is 0. The molecule has 2 aromatic rings. The SMILES string of the molecule is NC1CCCc2nc(N3CCc4ccccc43)sc21. The molecule has 3 nitrogen and oxygen atoms in total. The Morgan fingerprint density at radius 2 is 2.16 bits per heavy atom. The lowest BCUT2D eigenvalue weighted by Gasteiger charge is -2.16. The number of aromatic nitrogens is 1. The van der Waals surface area contributed by atoms with E-state index in [1.807, 2.05) is 0 Å². The molecule has 2 N–H and O–H groups in total. The Morgan fingerprint density at radius 1 is 1.26 bits per heavy atom. The van der Waals surface area contributed by atoms with Crippen molar-refractivity contribution in [1.82, 2.24) is 4.98 Å².